The van der Waals surface area contributed by atoms with Gasteiger partial charge in [-0.3, -0.25) is 4.79 Å². The maximum Gasteiger partial charge on any atom is 0.240 e. The third-order valence-corrected chi connectivity index (χ3v) is 8.61. The Kier molecular flexibility index (Phi) is 6.25. The molecule has 6 nitrogen and oxygen atoms in total. The van der Waals surface area contributed by atoms with E-state index in [0.29, 0.717) is 19.0 Å². The molecule has 1 fully saturated rings. The van der Waals surface area contributed by atoms with Crippen LogP contribution in [0.3, 0.4) is 0 Å². The molecule has 0 radical (unpaired) electrons. The van der Waals surface area contributed by atoms with Crippen molar-refractivity contribution in [3.05, 3.63) is 65.4 Å². The topological polar surface area (TPSA) is 82.3 Å². The van der Waals surface area contributed by atoms with Gasteiger partial charge in [0.15, 0.2) is 0 Å². The van der Waals surface area contributed by atoms with Gasteiger partial charge in [-0.1, -0.05) is 49.6 Å². The standard InChI is InChI=1S/C26H31N3O3S/c30-26(29-17-15-25-23(18-29)22-8-4-5-9-24(22)28-25)14-16-27-33(31,32)21-12-10-20(11-13-21)19-6-2-1-3-7-19/h4-5,8-13,19,27-28H,1-3,6-7,14-18H2. The summed E-state index contributed by atoms with van der Waals surface area (Å²) in [6.07, 6.45) is 7.10. The quantitative estimate of drug-likeness (QED) is 0.564. The van der Waals surface area contributed by atoms with Gasteiger partial charge in [0.05, 0.1) is 4.90 Å². The highest BCUT2D eigenvalue weighted by molar-refractivity contribution is 7.89. The first-order valence-electron chi connectivity index (χ1n) is 12.0. The van der Waals surface area contributed by atoms with Gasteiger partial charge >= 0.3 is 0 Å². The van der Waals surface area contributed by atoms with E-state index in [4.69, 9.17) is 0 Å². The summed E-state index contributed by atoms with van der Waals surface area (Å²) in [5.41, 5.74) is 4.69. The van der Waals surface area contributed by atoms with Crippen molar-refractivity contribution in [3.8, 4) is 0 Å². The number of hydrogen-bond donors (Lipinski definition) is 2. The summed E-state index contributed by atoms with van der Waals surface area (Å²) in [7, 11) is -3.63. The fraction of sp³-hybridized carbons (Fsp3) is 0.423. The first-order chi connectivity index (χ1) is 16.0. The minimum absolute atomic E-state index is 0.0266. The SMILES string of the molecule is O=C(CCNS(=O)(=O)c1ccc(C2CCCCC2)cc1)N1CCc2[nH]c3ccccc3c2C1. The number of carbonyl (C=O) groups is 1. The van der Waals surface area contributed by atoms with Crippen molar-refractivity contribution in [1.82, 2.24) is 14.6 Å². The largest absolute Gasteiger partial charge is 0.358 e. The smallest absolute Gasteiger partial charge is 0.240 e. The van der Waals surface area contributed by atoms with E-state index in [1.165, 1.54) is 48.9 Å². The lowest BCUT2D eigenvalue weighted by atomic mass is 9.84. The van der Waals surface area contributed by atoms with Crippen LogP contribution in [0.4, 0.5) is 0 Å². The first-order valence-corrected chi connectivity index (χ1v) is 13.5. The number of H-pyrrole nitrogens is 1. The lowest BCUT2D eigenvalue weighted by Gasteiger charge is -2.27. The van der Waals surface area contributed by atoms with Crippen molar-refractivity contribution in [3.63, 3.8) is 0 Å². The van der Waals surface area contributed by atoms with Crippen LogP contribution in [-0.2, 0) is 27.8 Å². The minimum Gasteiger partial charge on any atom is -0.358 e. The Morgan fingerprint density at radius 1 is 1.03 bits per heavy atom. The predicted octanol–water partition coefficient (Wildman–Crippen LogP) is 4.47. The van der Waals surface area contributed by atoms with Gasteiger partial charge in [-0.15, -0.1) is 0 Å². The normalized spacial score (nSPS) is 17.3. The summed E-state index contributed by atoms with van der Waals surface area (Å²) >= 11 is 0. The fourth-order valence-corrected chi connectivity index (χ4v) is 6.30. The minimum atomic E-state index is -3.63. The van der Waals surface area contributed by atoms with Crippen molar-refractivity contribution in [2.24, 2.45) is 0 Å². The molecule has 7 heteroatoms. The molecule has 0 atom stereocenters. The highest BCUT2D eigenvalue weighted by atomic mass is 32.2. The lowest BCUT2D eigenvalue weighted by Crippen LogP contribution is -2.37. The van der Waals surface area contributed by atoms with Crippen LogP contribution in [0.2, 0.25) is 0 Å². The highest BCUT2D eigenvalue weighted by Crippen LogP contribution is 2.33. The van der Waals surface area contributed by atoms with Crippen molar-refractivity contribution in [2.45, 2.75) is 62.3 Å². The van der Waals surface area contributed by atoms with Crippen LogP contribution in [0.1, 0.15) is 61.3 Å². The van der Waals surface area contributed by atoms with Gasteiger partial charge in [0.2, 0.25) is 15.9 Å². The number of sulfonamides is 1. The van der Waals surface area contributed by atoms with Crippen molar-refractivity contribution in [2.75, 3.05) is 13.1 Å². The first kappa shape index (κ1) is 22.2. The number of nitrogens with zero attached hydrogens (tertiary/aromatic N) is 1. The number of benzene rings is 2. The summed E-state index contributed by atoms with van der Waals surface area (Å²) in [5.74, 6) is 0.518. The van der Waals surface area contributed by atoms with Crippen molar-refractivity contribution < 1.29 is 13.2 Å². The van der Waals surface area contributed by atoms with Crippen molar-refractivity contribution in [1.29, 1.82) is 0 Å². The molecule has 0 spiro atoms. The number of rotatable bonds is 6. The highest BCUT2D eigenvalue weighted by Gasteiger charge is 2.24. The van der Waals surface area contributed by atoms with Gasteiger partial charge in [-0.05, 0) is 42.5 Å². The van der Waals surface area contributed by atoms with E-state index in [9.17, 15) is 13.2 Å². The van der Waals surface area contributed by atoms with Crippen LogP contribution >= 0.6 is 0 Å². The zero-order valence-electron chi connectivity index (χ0n) is 18.8. The molecule has 0 unspecified atom stereocenters. The van der Waals surface area contributed by atoms with Crippen LogP contribution in [-0.4, -0.2) is 37.3 Å². The van der Waals surface area contributed by atoms with Crippen LogP contribution < -0.4 is 4.72 Å². The van der Waals surface area contributed by atoms with E-state index in [1.54, 1.807) is 12.1 Å². The molecule has 1 aromatic heterocycles. The van der Waals surface area contributed by atoms with Crippen LogP contribution in [0, 0.1) is 0 Å². The maximum atomic E-state index is 12.8. The maximum absolute atomic E-state index is 12.8. The van der Waals surface area contributed by atoms with Gasteiger partial charge in [0, 0.05) is 54.6 Å². The molecule has 1 saturated carbocycles. The molecule has 0 bridgehead atoms. The number of aromatic amines is 1. The predicted molar refractivity (Wildman–Crippen MR) is 129 cm³/mol. The van der Waals surface area contributed by atoms with E-state index in [2.05, 4.69) is 21.8 Å². The summed E-state index contributed by atoms with van der Waals surface area (Å²) in [6, 6.07) is 15.4. The molecular weight excluding hydrogens is 434 g/mol. The summed E-state index contributed by atoms with van der Waals surface area (Å²) < 4.78 is 28.0. The molecule has 0 saturated heterocycles. The Morgan fingerprint density at radius 2 is 1.79 bits per heavy atom. The second kappa shape index (κ2) is 9.31. The average Bonchev–Trinajstić information content (AvgIpc) is 3.22. The van der Waals surface area contributed by atoms with E-state index >= 15 is 0 Å². The number of hydrogen-bond acceptors (Lipinski definition) is 3. The summed E-state index contributed by atoms with van der Waals surface area (Å²) in [5, 5.41) is 1.15. The van der Waals surface area contributed by atoms with E-state index in [-0.39, 0.29) is 23.8 Å². The van der Waals surface area contributed by atoms with Crippen LogP contribution in [0.15, 0.2) is 53.4 Å². The van der Waals surface area contributed by atoms with Crippen LogP contribution in [0.25, 0.3) is 10.9 Å². The Balaban J connectivity index is 1.16. The Bertz CT molecular complexity index is 1240. The number of carbonyl (C=O) groups excluding carboxylic acids is 1. The van der Waals surface area contributed by atoms with E-state index < -0.39 is 10.0 Å². The molecule has 2 N–H and O–H groups in total. The number of para-hydroxylation sites is 1. The third kappa shape index (κ3) is 4.70. The molecule has 1 aliphatic heterocycles. The number of aromatic nitrogens is 1. The molecule has 33 heavy (non-hydrogen) atoms. The van der Waals surface area contributed by atoms with Gasteiger partial charge in [-0.25, -0.2) is 13.1 Å². The van der Waals surface area contributed by atoms with Crippen molar-refractivity contribution >= 4 is 26.8 Å². The Morgan fingerprint density at radius 3 is 2.58 bits per heavy atom. The number of fused-ring (bicyclic) bond motifs is 3. The Labute approximate surface area is 195 Å². The van der Waals surface area contributed by atoms with Gasteiger partial charge in [-0.2, -0.15) is 0 Å². The van der Waals surface area contributed by atoms with E-state index in [1.807, 2.05) is 29.2 Å². The van der Waals surface area contributed by atoms with Gasteiger partial charge in [0.1, 0.15) is 0 Å². The summed E-state index contributed by atoms with van der Waals surface area (Å²) in [4.78, 5) is 18.3. The van der Waals surface area contributed by atoms with Gasteiger partial charge < -0.3 is 9.88 Å². The molecule has 2 aliphatic rings. The number of amides is 1. The zero-order chi connectivity index (χ0) is 22.8. The van der Waals surface area contributed by atoms with Gasteiger partial charge in [0.25, 0.3) is 0 Å². The van der Waals surface area contributed by atoms with E-state index in [0.717, 1.165) is 17.3 Å². The Hall–Kier alpha value is -2.64. The molecule has 2 aromatic carbocycles. The van der Waals surface area contributed by atoms with Crippen LogP contribution in [0.5, 0.6) is 0 Å². The molecule has 174 valence electrons. The number of nitrogens with one attached hydrogen (secondary N) is 2. The molecule has 3 aromatic rings. The molecule has 1 amide bonds. The third-order valence-electron chi connectivity index (χ3n) is 7.13. The molecular formula is C26H31N3O3S. The molecule has 1 aliphatic carbocycles. The second-order valence-corrected chi connectivity index (χ2v) is 11.0. The fourth-order valence-electron chi connectivity index (χ4n) is 5.27. The zero-order valence-corrected chi connectivity index (χ0v) is 19.7. The molecule has 2 heterocycles. The lowest BCUT2D eigenvalue weighted by molar-refractivity contribution is -0.131. The molecule has 5 rings (SSSR count). The summed E-state index contributed by atoms with van der Waals surface area (Å²) in [6.45, 7) is 1.31. The monoisotopic (exact) mass is 465 g/mol. The second-order valence-electron chi connectivity index (χ2n) is 9.24. The average molecular weight is 466 g/mol.